The summed E-state index contributed by atoms with van der Waals surface area (Å²) in [5.74, 6) is -1.24. The first-order valence-electron chi connectivity index (χ1n) is 11.8. The molecule has 3 aromatic carbocycles. The van der Waals surface area contributed by atoms with Crippen molar-refractivity contribution in [2.45, 2.75) is 25.5 Å². The summed E-state index contributed by atoms with van der Waals surface area (Å²) in [4.78, 5) is 25.1. The van der Waals surface area contributed by atoms with E-state index in [0.29, 0.717) is 0 Å². The van der Waals surface area contributed by atoms with Crippen molar-refractivity contribution in [3.8, 4) is 11.4 Å². The van der Waals surface area contributed by atoms with Crippen molar-refractivity contribution in [3.05, 3.63) is 107 Å². The molecule has 2 unspecified atom stereocenters. The van der Waals surface area contributed by atoms with E-state index < -0.39 is 24.2 Å². The number of aromatic nitrogens is 2. The molecule has 0 aliphatic carbocycles. The summed E-state index contributed by atoms with van der Waals surface area (Å²) in [7, 11) is 1.22. The smallest absolute Gasteiger partial charge is 0.359 e. The lowest BCUT2D eigenvalue weighted by Gasteiger charge is -2.45. The van der Waals surface area contributed by atoms with Crippen LogP contribution in [0.4, 0.5) is 15.9 Å². The van der Waals surface area contributed by atoms with Gasteiger partial charge in [-0.3, -0.25) is 0 Å². The van der Waals surface area contributed by atoms with Gasteiger partial charge in [-0.2, -0.15) is 0 Å². The maximum absolute atomic E-state index is 14.3. The van der Waals surface area contributed by atoms with Crippen molar-refractivity contribution >= 4 is 29.1 Å². The largest absolute Gasteiger partial charge is 0.464 e. The molecule has 194 valence electrons. The lowest BCUT2D eigenvalue weighted by Crippen LogP contribution is -2.57. The van der Waals surface area contributed by atoms with Crippen LogP contribution in [0.2, 0.25) is 5.02 Å². The third kappa shape index (κ3) is 4.91. The van der Waals surface area contributed by atoms with Gasteiger partial charge in [0.1, 0.15) is 11.5 Å². The first kappa shape index (κ1) is 25.6. The number of hydrogen-bond donors (Lipinski definition) is 2. The number of ether oxygens (including phenoxy) is 1. The number of rotatable bonds is 6. The zero-order valence-corrected chi connectivity index (χ0v) is 21.1. The Morgan fingerprint density at radius 3 is 2.08 bits per heavy atom. The predicted molar refractivity (Wildman–Crippen MR) is 141 cm³/mol. The Balaban J connectivity index is 1.73. The highest BCUT2D eigenvalue weighted by molar-refractivity contribution is 6.30. The number of methoxy groups -OCH3 is 1. The normalized spacial score (nSPS) is 16.8. The van der Waals surface area contributed by atoms with Crippen LogP contribution in [-0.4, -0.2) is 45.7 Å². The number of benzene rings is 3. The summed E-state index contributed by atoms with van der Waals surface area (Å²) < 4.78 is 19.4. The third-order valence-electron chi connectivity index (χ3n) is 6.28. The number of esters is 1. The Morgan fingerprint density at radius 2 is 1.50 bits per heavy atom. The van der Waals surface area contributed by atoms with E-state index in [1.54, 1.807) is 0 Å². The number of halogens is 2. The van der Waals surface area contributed by atoms with Crippen LogP contribution in [0.5, 0.6) is 0 Å². The number of nitrogens with zero attached hydrogens (tertiary/aromatic N) is 4. The van der Waals surface area contributed by atoms with Crippen LogP contribution in [0.1, 0.15) is 21.6 Å². The second kappa shape index (κ2) is 10.7. The molecule has 1 aromatic heterocycles. The molecule has 10 heteroatoms. The van der Waals surface area contributed by atoms with Crippen molar-refractivity contribution < 1.29 is 24.1 Å². The first-order chi connectivity index (χ1) is 18.4. The molecule has 5 rings (SSSR count). The summed E-state index contributed by atoms with van der Waals surface area (Å²) in [6.45, 7) is 0.310. The van der Waals surface area contributed by atoms with Gasteiger partial charge in [-0.25, -0.2) is 19.2 Å². The molecule has 0 bridgehead atoms. The maximum Gasteiger partial charge on any atom is 0.359 e. The molecule has 0 amide bonds. The van der Waals surface area contributed by atoms with Gasteiger partial charge in [-0.05, 0) is 29.3 Å². The predicted octanol–water partition coefficient (Wildman–Crippen LogP) is 4.39. The molecular weight excluding hydrogens is 511 g/mol. The number of carbonyl (C=O) groups excluding carboxylic acids is 1. The Labute approximate surface area is 223 Å². The van der Waals surface area contributed by atoms with Crippen molar-refractivity contribution in [2.75, 3.05) is 16.9 Å². The zero-order valence-electron chi connectivity index (χ0n) is 20.3. The van der Waals surface area contributed by atoms with Crippen LogP contribution in [0.15, 0.2) is 78.9 Å². The number of carbonyl (C=O) groups is 1. The van der Waals surface area contributed by atoms with E-state index in [4.69, 9.17) is 16.3 Å². The second-order valence-electron chi connectivity index (χ2n) is 8.74. The van der Waals surface area contributed by atoms with Gasteiger partial charge in [0.25, 0.3) is 0 Å². The van der Waals surface area contributed by atoms with Gasteiger partial charge in [0, 0.05) is 18.7 Å². The van der Waals surface area contributed by atoms with Crippen LogP contribution >= 0.6 is 11.6 Å². The van der Waals surface area contributed by atoms with Crippen LogP contribution in [0.3, 0.4) is 0 Å². The third-order valence-corrected chi connectivity index (χ3v) is 6.58. The Bertz CT molecular complexity index is 1460. The lowest BCUT2D eigenvalue weighted by atomic mass is 10.1. The molecule has 1 aliphatic heterocycles. The van der Waals surface area contributed by atoms with Crippen molar-refractivity contribution in [3.63, 3.8) is 0 Å². The van der Waals surface area contributed by atoms with E-state index in [2.05, 4.69) is 9.97 Å². The quantitative estimate of drug-likeness (QED) is 0.352. The molecule has 2 N–H and O–H groups in total. The minimum Gasteiger partial charge on any atom is -0.464 e. The molecule has 38 heavy (non-hydrogen) atoms. The Hall–Kier alpha value is -4.05. The molecule has 4 aromatic rings. The fraction of sp³-hybridized carbons (Fsp3) is 0.179. The summed E-state index contributed by atoms with van der Waals surface area (Å²) in [6, 6.07) is 22.7. The lowest BCUT2D eigenvalue weighted by molar-refractivity contribution is 0.00818. The van der Waals surface area contributed by atoms with Crippen LogP contribution in [-0.2, 0) is 17.8 Å². The summed E-state index contributed by atoms with van der Waals surface area (Å²) in [6.07, 6.45) is -2.85. The molecule has 8 nitrogen and oxygen atoms in total. The fourth-order valence-electron chi connectivity index (χ4n) is 4.39. The maximum atomic E-state index is 14.3. The van der Waals surface area contributed by atoms with E-state index >= 15 is 0 Å². The minimum atomic E-state index is -1.43. The number of anilines is 2. The highest BCUT2D eigenvalue weighted by atomic mass is 35.5. The van der Waals surface area contributed by atoms with Gasteiger partial charge >= 0.3 is 5.97 Å². The van der Waals surface area contributed by atoms with Crippen LogP contribution in [0, 0.1) is 5.82 Å². The average Bonchev–Trinajstić information content (AvgIpc) is 2.95. The summed E-state index contributed by atoms with van der Waals surface area (Å²) >= 11 is 5.87. The molecule has 2 heterocycles. The van der Waals surface area contributed by atoms with Crippen molar-refractivity contribution in [2.24, 2.45) is 0 Å². The first-order valence-corrected chi connectivity index (χ1v) is 12.2. The fourth-order valence-corrected chi connectivity index (χ4v) is 4.51. The summed E-state index contributed by atoms with van der Waals surface area (Å²) in [5, 5.41) is 22.5. The number of fused-ring (bicyclic) bond motifs is 1. The Kier molecular flexibility index (Phi) is 7.24. The van der Waals surface area contributed by atoms with Crippen LogP contribution < -0.4 is 9.80 Å². The second-order valence-corrected chi connectivity index (χ2v) is 9.15. The topological polar surface area (TPSA) is 99.0 Å². The van der Waals surface area contributed by atoms with Crippen molar-refractivity contribution in [1.29, 1.82) is 0 Å². The molecule has 0 spiro atoms. The average molecular weight is 535 g/mol. The molecule has 1 aliphatic rings. The van der Waals surface area contributed by atoms with E-state index in [-0.39, 0.29) is 46.7 Å². The Morgan fingerprint density at radius 1 is 0.921 bits per heavy atom. The van der Waals surface area contributed by atoms with Crippen LogP contribution in [0.25, 0.3) is 11.4 Å². The SMILES string of the molecule is COC(=O)c1nc(-c2ccc(Cl)c(F)c2)nc2c1N(Cc1ccccc1)C(O)C(O)N2Cc1ccccc1. The standard InChI is InChI=1S/C28H24ClFN4O4/c1-38-28(37)22-23-25(32-24(31-22)19-12-13-20(29)21(30)14-19)34(16-18-10-6-3-7-11-18)27(36)26(35)33(23)15-17-8-4-2-5-9-17/h2-14,26-27,35-36H,15-16H2,1H3. The van der Waals surface area contributed by atoms with Gasteiger partial charge in [-0.1, -0.05) is 72.3 Å². The molecule has 0 saturated heterocycles. The molecular formula is C28H24ClFN4O4. The number of aliphatic hydroxyl groups is 2. The number of hydrogen-bond acceptors (Lipinski definition) is 8. The van der Waals surface area contributed by atoms with Crippen molar-refractivity contribution in [1.82, 2.24) is 9.97 Å². The molecule has 0 radical (unpaired) electrons. The van der Waals surface area contributed by atoms with Gasteiger partial charge in [0.05, 0.1) is 12.1 Å². The summed E-state index contributed by atoms with van der Waals surface area (Å²) in [5.41, 5.74) is 1.98. The van der Waals surface area contributed by atoms with E-state index in [0.717, 1.165) is 11.1 Å². The van der Waals surface area contributed by atoms with Gasteiger partial charge in [0.15, 0.2) is 29.8 Å². The highest BCUT2D eigenvalue weighted by Crippen LogP contribution is 2.41. The van der Waals surface area contributed by atoms with Gasteiger partial charge in [0.2, 0.25) is 0 Å². The van der Waals surface area contributed by atoms with Gasteiger partial charge in [-0.15, -0.1) is 0 Å². The molecule has 2 atom stereocenters. The van der Waals surface area contributed by atoms with E-state index in [9.17, 15) is 19.4 Å². The molecule has 0 fully saturated rings. The molecule has 0 saturated carbocycles. The van der Waals surface area contributed by atoms with E-state index in [1.807, 2.05) is 60.7 Å². The zero-order chi connectivity index (χ0) is 26.8. The van der Waals surface area contributed by atoms with Gasteiger partial charge < -0.3 is 24.7 Å². The van der Waals surface area contributed by atoms with E-state index in [1.165, 1.54) is 35.1 Å². The monoisotopic (exact) mass is 534 g/mol. The highest BCUT2D eigenvalue weighted by Gasteiger charge is 2.42. The number of aliphatic hydroxyl groups excluding tert-OH is 2. The minimum absolute atomic E-state index is 0.0287.